The number of aromatic nitrogens is 1. The van der Waals surface area contributed by atoms with Crippen molar-refractivity contribution in [3.05, 3.63) is 52.7 Å². The number of likely N-dealkylation sites (tertiary alicyclic amines) is 1. The number of benzene rings is 1. The van der Waals surface area contributed by atoms with Crippen molar-refractivity contribution in [2.75, 3.05) is 19.0 Å². The Kier molecular flexibility index (Phi) is 5.99. The maximum atomic E-state index is 13.2. The summed E-state index contributed by atoms with van der Waals surface area (Å²) >= 11 is 0. The van der Waals surface area contributed by atoms with E-state index in [0.717, 1.165) is 17.5 Å². The second kappa shape index (κ2) is 8.89. The van der Waals surface area contributed by atoms with Gasteiger partial charge >= 0.3 is 11.8 Å². The van der Waals surface area contributed by atoms with Crippen LogP contribution in [0.5, 0.6) is 5.88 Å². The largest absolute Gasteiger partial charge is 0.480 e. The van der Waals surface area contributed by atoms with Crippen LogP contribution < -0.4 is 21.1 Å². The molecule has 2 aliphatic rings. The highest BCUT2D eigenvalue weighted by Crippen LogP contribution is 2.35. The third-order valence-corrected chi connectivity index (χ3v) is 6.04. The Hall–Kier alpha value is -3.95. The molecule has 3 heterocycles. The van der Waals surface area contributed by atoms with Crippen molar-refractivity contribution in [2.45, 2.75) is 32.4 Å². The Morgan fingerprint density at radius 1 is 1.24 bits per heavy atom. The van der Waals surface area contributed by atoms with Crippen LogP contribution in [-0.2, 0) is 16.1 Å². The first-order valence-corrected chi connectivity index (χ1v) is 10.6. The number of hydrogen-bond acceptors (Lipinski definition) is 6. The van der Waals surface area contributed by atoms with Gasteiger partial charge in [-0.05, 0) is 42.0 Å². The summed E-state index contributed by atoms with van der Waals surface area (Å²) in [4.78, 5) is 55.0. The van der Waals surface area contributed by atoms with Crippen LogP contribution in [0.3, 0.4) is 0 Å². The molecule has 0 radical (unpaired) electrons. The lowest BCUT2D eigenvalue weighted by atomic mass is 9.88. The lowest BCUT2D eigenvalue weighted by Gasteiger charge is -2.38. The fraction of sp³-hybridized carbons (Fsp3) is 0.348. The zero-order valence-corrected chi connectivity index (χ0v) is 18.4. The van der Waals surface area contributed by atoms with E-state index in [9.17, 15) is 19.2 Å². The number of fused-ring (bicyclic) bond motifs is 1. The van der Waals surface area contributed by atoms with Crippen molar-refractivity contribution >= 4 is 29.3 Å². The highest BCUT2D eigenvalue weighted by Gasteiger charge is 2.35. The number of hydrogen-bond donors (Lipinski definition) is 3. The molecule has 2 aliphatic heterocycles. The number of rotatable bonds is 4. The van der Waals surface area contributed by atoms with Gasteiger partial charge in [0.25, 0.3) is 11.8 Å². The molecule has 0 saturated carbocycles. The molecule has 10 nitrogen and oxygen atoms in total. The summed E-state index contributed by atoms with van der Waals surface area (Å²) in [6.07, 6.45) is 2.90. The van der Waals surface area contributed by atoms with Crippen LogP contribution in [0.15, 0.2) is 30.5 Å². The number of nitrogens with one attached hydrogen (secondary N) is 2. The molecule has 4 amide bonds. The lowest BCUT2D eigenvalue weighted by Crippen LogP contribution is -2.46. The van der Waals surface area contributed by atoms with E-state index in [4.69, 9.17) is 10.5 Å². The molecule has 0 spiro atoms. The third-order valence-electron chi connectivity index (χ3n) is 6.04. The number of pyridine rings is 1. The van der Waals surface area contributed by atoms with Crippen molar-refractivity contribution in [3.63, 3.8) is 0 Å². The maximum Gasteiger partial charge on any atom is 0.313 e. The molecule has 1 fully saturated rings. The molecule has 0 bridgehead atoms. The van der Waals surface area contributed by atoms with E-state index >= 15 is 0 Å². The van der Waals surface area contributed by atoms with E-state index < -0.39 is 17.7 Å². The summed E-state index contributed by atoms with van der Waals surface area (Å²) in [5.74, 6) is -2.13. The predicted octanol–water partition coefficient (Wildman–Crippen LogP) is 1.37. The first kappa shape index (κ1) is 22.3. The number of primary amides is 1. The van der Waals surface area contributed by atoms with Gasteiger partial charge in [-0.2, -0.15) is 0 Å². The minimum absolute atomic E-state index is 0.00600. The van der Waals surface area contributed by atoms with E-state index in [0.29, 0.717) is 25.1 Å². The van der Waals surface area contributed by atoms with Crippen LogP contribution in [0, 0.1) is 5.92 Å². The van der Waals surface area contributed by atoms with Crippen molar-refractivity contribution in [1.82, 2.24) is 15.2 Å². The van der Waals surface area contributed by atoms with E-state index in [2.05, 4.69) is 15.6 Å². The molecule has 4 N–H and O–H groups in total. The van der Waals surface area contributed by atoms with E-state index in [1.165, 1.54) is 19.4 Å². The summed E-state index contributed by atoms with van der Waals surface area (Å²) in [5.41, 5.74) is 7.90. The smallest absolute Gasteiger partial charge is 0.313 e. The zero-order valence-electron chi connectivity index (χ0n) is 18.4. The fourth-order valence-corrected chi connectivity index (χ4v) is 4.36. The lowest BCUT2D eigenvalue weighted by molar-refractivity contribution is -0.146. The number of anilines is 1. The summed E-state index contributed by atoms with van der Waals surface area (Å²) in [7, 11) is 1.35. The van der Waals surface area contributed by atoms with Crippen LogP contribution in [0.2, 0.25) is 0 Å². The van der Waals surface area contributed by atoms with Gasteiger partial charge < -0.3 is 26.0 Å². The number of carbonyl (C=O) groups excluding carboxylic acids is 4. The first-order valence-electron chi connectivity index (χ1n) is 10.6. The summed E-state index contributed by atoms with van der Waals surface area (Å²) in [6, 6.07) is 6.58. The second-order valence-corrected chi connectivity index (χ2v) is 8.35. The average molecular weight is 451 g/mol. The Labute approximate surface area is 190 Å². The summed E-state index contributed by atoms with van der Waals surface area (Å²) in [5, 5.41) is 5.30. The van der Waals surface area contributed by atoms with Crippen LogP contribution >= 0.6 is 0 Å². The number of ether oxygens (including phenoxy) is 1. The fourth-order valence-electron chi connectivity index (χ4n) is 4.36. The Morgan fingerprint density at radius 2 is 2.03 bits per heavy atom. The standard InChI is InChI=1S/C23H25N5O5/c1-12-3-6-18(13-4-5-16-14(7-13)9-25-20(16)30)28(11-12)23(32)21(31)27-15-8-17(19(24)29)22(33-2)26-10-15/h4-5,7-8,10,12,18H,3,6,9,11H2,1-2H3,(H2,24,29)(H,25,30)(H,27,31)/t12-,18+/m1/s1. The average Bonchev–Trinajstić information content (AvgIpc) is 3.18. The van der Waals surface area contributed by atoms with Gasteiger partial charge in [0.2, 0.25) is 5.88 Å². The normalized spacial score (nSPS) is 19.5. The van der Waals surface area contributed by atoms with E-state index in [-0.39, 0.29) is 35.0 Å². The van der Waals surface area contributed by atoms with Gasteiger partial charge in [-0.1, -0.05) is 19.1 Å². The molecule has 10 heteroatoms. The van der Waals surface area contributed by atoms with Crippen LogP contribution in [-0.4, -0.2) is 47.2 Å². The van der Waals surface area contributed by atoms with Gasteiger partial charge in [0.1, 0.15) is 5.56 Å². The Balaban J connectivity index is 1.56. The molecule has 33 heavy (non-hydrogen) atoms. The quantitative estimate of drug-likeness (QED) is 0.599. The molecule has 0 aliphatic carbocycles. The Morgan fingerprint density at radius 3 is 2.76 bits per heavy atom. The van der Waals surface area contributed by atoms with Gasteiger partial charge in [0, 0.05) is 18.7 Å². The van der Waals surface area contributed by atoms with Crippen molar-refractivity contribution in [2.24, 2.45) is 11.7 Å². The van der Waals surface area contributed by atoms with Gasteiger partial charge in [-0.3, -0.25) is 19.2 Å². The summed E-state index contributed by atoms with van der Waals surface area (Å²) in [6.45, 7) is 2.91. The van der Waals surface area contributed by atoms with Gasteiger partial charge in [-0.15, -0.1) is 0 Å². The molecule has 1 saturated heterocycles. The van der Waals surface area contributed by atoms with Gasteiger partial charge in [0.15, 0.2) is 0 Å². The highest BCUT2D eigenvalue weighted by molar-refractivity contribution is 6.39. The van der Waals surface area contributed by atoms with Crippen LogP contribution in [0.1, 0.15) is 57.7 Å². The molecule has 2 atom stereocenters. The molecule has 4 rings (SSSR count). The second-order valence-electron chi connectivity index (χ2n) is 8.35. The van der Waals surface area contributed by atoms with Crippen molar-refractivity contribution in [1.29, 1.82) is 0 Å². The zero-order chi connectivity index (χ0) is 23.7. The number of amides is 4. The van der Waals surface area contributed by atoms with Crippen LogP contribution in [0.25, 0.3) is 0 Å². The number of nitrogens with zero attached hydrogens (tertiary/aromatic N) is 2. The first-order chi connectivity index (χ1) is 15.8. The molecule has 0 unspecified atom stereocenters. The van der Waals surface area contributed by atoms with Gasteiger partial charge in [-0.25, -0.2) is 4.98 Å². The van der Waals surface area contributed by atoms with Gasteiger partial charge in [0.05, 0.1) is 25.0 Å². The molecule has 1 aromatic heterocycles. The Bertz CT molecular complexity index is 1150. The minimum atomic E-state index is -0.838. The molecule has 1 aromatic carbocycles. The molecule has 172 valence electrons. The predicted molar refractivity (Wildman–Crippen MR) is 118 cm³/mol. The SMILES string of the molecule is COc1ncc(NC(=O)C(=O)N2C[C@H](C)CC[C@H]2c2ccc3c(c2)CNC3=O)cc1C(N)=O. The van der Waals surface area contributed by atoms with Crippen LogP contribution in [0.4, 0.5) is 5.69 Å². The molecule has 2 aromatic rings. The number of nitrogens with two attached hydrogens (primary N) is 1. The van der Waals surface area contributed by atoms with E-state index in [1.54, 1.807) is 11.0 Å². The minimum Gasteiger partial charge on any atom is -0.480 e. The molecular weight excluding hydrogens is 426 g/mol. The van der Waals surface area contributed by atoms with E-state index in [1.807, 2.05) is 19.1 Å². The van der Waals surface area contributed by atoms with Crippen molar-refractivity contribution in [3.8, 4) is 5.88 Å². The number of methoxy groups -OCH3 is 1. The third kappa shape index (κ3) is 4.36. The van der Waals surface area contributed by atoms with Crippen molar-refractivity contribution < 1.29 is 23.9 Å². The summed E-state index contributed by atoms with van der Waals surface area (Å²) < 4.78 is 5.00. The highest BCUT2D eigenvalue weighted by atomic mass is 16.5. The molecular formula is C23H25N5O5. The number of piperidine rings is 1. The monoisotopic (exact) mass is 451 g/mol. The number of carbonyl (C=O) groups is 4. The topological polar surface area (TPSA) is 144 Å². The maximum absolute atomic E-state index is 13.2.